The Hall–Kier alpha value is -2.47. The van der Waals surface area contributed by atoms with Crippen molar-refractivity contribution < 1.29 is 9.59 Å². The highest BCUT2D eigenvalue weighted by atomic mass is 79.9. The number of aryl methyl sites for hydroxylation is 1. The average Bonchev–Trinajstić information content (AvgIpc) is 2.51. The number of benzene rings is 2. The highest BCUT2D eigenvalue weighted by Crippen LogP contribution is 2.20. The summed E-state index contributed by atoms with van der Waals surface area (Å²) >= 11 is 3.29. The Morgan fingerprint density at radius 2 is 1.73 bits per heavy atom. The molecule has 2 aromatic carbocycles. The van der Waals surface area contributed by atoms with Gasteiger partial charge in [0.25, 0.3) is 0 Å². The van der Waals surface area contributed by atoms with Crippen molar-refractivity contribution in [2.45, 2.75) is 6.92 Å². The molecule has 0 spiro atoms. The van der Waals surface area contributed by atoms with E-state index >= 15 is 0 Å². The summed E-state index contributed by atoms with van der Waals surface area (Å²) in [7, 11) is 0. The van der Waals surface area contributed by atoms with Gasteiger partial charge in [0.05, 0.1) is 11.9 Å². The molecule has 5 nitrogen and oxygen atoms in total. The Morgan fingerprint density at radius 1 is 1.05 bits per heavy atom. The molecule has 0 aliphatic rings. The third kappa shape index (κ3) is 4.53. The molecule has 0 radical (unpaired) electrons. The van der Waals surface area contributed by atoms with E-state index in [9.17, 15) is 9.59 Å². The van der Waals surface area contributed by atoms with E-state index in [1.165, 1.54) is 6.21 Å². The van der Waals surface area contributed by atoms with Crippen LogP contribution in [0.15, 0.2) is 58.1 Å². The monoisotopic (exact) mass is 359 g/mol. The number of carbonyl (C=O) groups excluding carboxylic acids is 2. The molecule has 0 heterocycles. The lowest BCUT2D eigenvalue weighted by molar-refractivity contribution is -0.136. The van der Waals surface area contributed by atoms with E-state index in [1.807, 2.05) is 37.3 Å². The maximum Gasteiger partial charge on any atom is 0.329 e. The van der Waals surface area contributed by atoms with E-state index in [0.717, 1.165) is 11.1 Å². The van der Waals surface area contributed by atoms with Crippen molar-refractivity contribution in [2.24, 2.45) is 5.10 Å². The summed E-state index contributed by atoms with van der Waals surface area (Å²) in [6.45, 7) is 1.98. The van der Waals surface area contributed by atoms with Crippen LogP contribution in [0.25, 0.3) is 0 Å². The number of halogens is 1. The second-order valence-corrected chi connectivity index (χ2v) is 5.40. The molecule has 6 heteroatoms. The number of nitrogens with zero attached hydrogens (tertiary/aromatic N) is 1. The number of amides is 2. The van der Waals surface area contributed by atoms with Gasteiger partial charge in [0.1, 0.15) is 0 Å². The predicted octanol–water partition coefficient (Wildman–Crippen LogP) is 2.85. The Balaban J connectivity index is 1.90. The number of anilines is 1. The van der Waals surface area contributed by atoms with Gasteiger partial charge < -0.3 is 5.32 Å². The zero-order valence-corrected chi connectivity index (χ0v) is 13.4. The lowest BCUT2D eigenvalue weighted by Crippen LogP contribution is -2.32. The maximum absolute atomic E-state index is 11.7. The van der Waals surface area contributed by atoms with Crippen molar-refractivity contribution >= 4 is 39.6 Å². The zero-order valence-electron chi connectivity index (χ0n) is 11.8. The van der Waals surface area contributed by atoms with Crippen LogP contribution in [0, 0.1) is 6.92 Å². The standard InChI is InChI=1S/C16H14BrN3O2/c1-11-6-8-12(9-7-11)10-18-20-16(22)15(21)19-14-5-3-2-4-13(14)17/h2-10H,1H3,(H,19,21)(H,20,22)/b18-10+. The second kappa shape index (κ2) is 7.51. The van der Waals surface area contributed by atoms with E-state index in [0.29, 0.717) is 10.2 Å². The highest BCUT2D eigenvalue weighted by molar-refractivity contribution is 9.10. The summed E-state index contributed by atoms with van der Waals surface area (Å²) in [6, 6.07) is 14.6. The van der Waals surface area contributed by atoms with Crippen LogP contribution >= 0.6 is 15.9 Å². The first kappa shape index (κ1) is 15.9. The summed E-state index contributed by atoms with van der Waals surface area (Å²) in [5.41, 5.74) is 4.67. The van der Waals surface area contributed by atoms with Crippen molar-refractivity contribution in [2.75, 3.05) is 5.32 Å². The van der Waals surface area contributed by atoms with Crippen LogP contribution in [0.3, 0.4) is 0 Å². The van der Waals surface area contributed by atoms with Gasteiger partial charge in [-0.3, -0.25) is 9.59 Å². The third-order valence-electron chi connectivity index (χ3n) is 2.79. The number of hydrogen-bond donors (Lipinski definition) is 2. The van der Waals surface area contributed by atoms with E-state index in [4.69, 9.17) is 0 Å². The molecule has 0 aliphatic carbocycles. The van der Waals surface area contributed by atoms with E-state index in [1.54, 1.807) is 18.2 Å². The molecule has 2 aromatic rings. The van der Waals surface area contributed by atoms with Gasteiger partial charge in [-0.1, -0.05) is 42.0 Å². The minimum Gasteiger partial charge on any atom is -0.317 e. The van der Waals surface area contributed by atoms with Gasteiger partial charge in [-0.25, -0.2) is 5.43 Å². The molecule has 0 unspecified atom stereocenters. The third-order valence-corrected chi connectivity index (χ3v) is 3.48. The first-order valence-corrected chi connectivity index (χ1v) is 7.31. The Bertz CT molecular complexity index is 712. The molecule has 0 fully saturated rings. The number of rotatable bonds is 3. The van der Waals surface area contributed by atoms with Crippen LogP contribution in [-0.2, 0) is 9.59 Å². The summed E-state index contributed by atoms with van der Waals surface area (Å²) in [5, 5.41) is 6.25. The van der Waals surface area contributed by atoms with Crippen molar-refractivity contribution in [3.63, 3.8) is 0 Å². The van der Waals surface area contributed by atoms with E-state index in [2.05, 4.69) is 31.8 Å². The molecule has 112 valence electrons. The molecule has 0 aliphatic heterocycles. The van der Waals surface area contributed by atoms with Gasteiger partial charge in [0.2, 0.25) is 0 Å². The number of hydrazone groups is 1. The van der Waals surface area contributed by atoms with Crippen LogP contribution in [0.2, 0.25) is 0 Å². The largest absolute Gasteiger partial charge is 0.329 e. The minimum atomic E-state index is -0.834. The zero-order chi connectivity index (χ0) is 15.9. The molecule has 0 saturated carbocycles. The number of hydrogen-bond acceptors (Lipinski definition) is 3. The Kier molecular flexibility index (Phi) is 5.43. The molecule has 2 rings (SSSR count). The lowest BCUT2D eigenvalue weighted by atomic mass is 10.2. The van der Waals surface area contributed by atoms with Gasteiger partial charge in [-0.2, -0.15) is 5.10 Å². The normalized spacial score (nSPS) is 10.5. The van der Waals surface area contributed by atoms with Crippen molar-refractivity contribution in [3.05, 3.63) is 64.1 Å². The SMILES string of the molecule is Cc1ccc(/C=N/NC(=O)C(=O)Nc2ccccc2Br)cc1. The maximum atomic E-state index is 11.7. The Morgan fingerprint density at radius 3 is 2.41 bits per heavy atom. The lowest BCUT2D eigenvalue weighted by Gasteiger charge is -2.05. The molecule has 2 N–H and O–H groups in total. The van der Waals surface area contributed by atoms with Crippen LogP contribution < -0.4 is 10.7 Å². The molecule has 0 bridgehead atoms. The van der Waals surface area contributed by atoms with Crippen molar-refractivity contribution in [1.82, 2.24) is 5.43 Å². The highest BCUT2D eigenvalue weighted by Gasteiger charge is 2.13. The number of para-hydroxylation sites is 1. The fourth-order valence-electron chi connectivity index (χ4n) is 1.61. The van der Waals surface area contributed by atoms with Gasteiger partial charge in [-0.15, -0.1) is 0 Å². The predicted molar refractivity (Wildman–Crippen MR) is 89.7 cm³/mol. The fourth-order valence-corrected chi connectivity index (χ4v) is 1.99. The number of carbonyl (C=O) groups is 2. The second-order valence-electron chi connectivity index (χ2n) is 4.54. The van der Waals surface area contributed by atoms with Crippen LogP contribution in [0.5, 0.6) is 0 Å². The molecule has 2 amide bonds. The summed E-state index contributed by atoms with van der Waals surface area (Å²) in [4.78, 5) is 23.4. The van der Waals surface area contributed by atoms with E-state index in [-0.39, 0.29) is 0 Å². The molecule has 22 heavy (non-hydrogen) atoms. The van der Waals surface area contributed by atoms with Gasteiger partial charge in [0.15, 0.2) is 0 Å². The van der Waals surface area contributed by atoms with Crippen molar-refractivity contribution in [3.8, 4) is 0 Å². The molecular formula is C16H14BrN3O2. The summed E-state index contributed by atoms with van der Waals surface area (Å²) in [6.07, 6.45) is 1.48. The minimum absolute atomic E-state index is 0.519. The van der Waals surface area contributed by atoms with Gasteiger partial charge in [-0.05, 0) is 40.5 Å². The smallest absolute Gasteiger partial charge is 0.317 e. The number of nitrogens with one attached hydrogen (secondary N) is 2. The van der Waals surface area contributed by atoms with Crippen LogP contribution in [0.4, 0.5) is 5.69 Å². The van der Waals surface area contributed by atoms with Crippen LogP contribution in [-0.4, -0.2) is 18.0 Å². The first-order valence-electron chi connectivity index (χ1n) is 6.52. The van der Waals surface area contributed by atoms with Gasteiger partial charge >= 0.3 is 11.8 Å². The first-order chi connectivity index (χ1) is 10.6. The molecule has 0 aromatic heterocycles. The summed E-state index contributed by atoms with van der Waals surface area (Å²) < 4.78 is 0.694. The topological polar surface area (TPSA) is 70.6 Å². The molecule has 0 atom stereocenters. The Labute approximate surface area is 136 Å². The molecular weight excluding hydrogens is 346 g/mol. The van der Waals surface area contributed by atoms with Crippen molar-refractivity contribution in [1.29, 1.82) is 0 Å². The van der Waals surface area contributed by atoms with Crippen LogP contribution in [0.1, 0.15) is 11.1 Å². The van der Waals surface area contributed by atoms with E-state index < -0.39 is 11.8 Å². The molecule has 0 saturated heterocycles. The summed E-state index contributed by atoms with van der Waals surface area (Å²) in [5.74, 6) is -1.62. The quantitative estimate of drug-likeness (QED) is 0.502. The average molecular weight is 360 g/mol. The fraction of sp³-hybridized carbons (Fsp3) is 0.0625. The van der Waals surface area contributed by atoms with Gasteiger partial charge in [0, 0.05) is 4.47 Å².